The Morgan fingerprint density at radius 3 is 2.64 bits per heavy atom. The highest BCUT2D eigenvalue weighted by Crippen LogP contribution is 2.24. The van der Waals surface area contributed by atoms with Crippen LogP contribution >= 0.6 is 27.5 Å². The van der Waals surface area contributed by atoms with Gasteiger partial charge in [-0.05, 0) is 54.1 Å². The van der Waals surface area contributed by atoms with Crippen molar-refractivity contribution in [1.29, 1.82) is 0 Å². The van der Waals surface area contributed by atoms with E-state index in [1.807, 2.05) is 42.5 Å². The molecule has 0 aliphatic heterocycles. The number of carbonyl (C=O) groups is 1. The van der Waals surface area contributed by atoms with Gasteiger partial charge >= 0.3 is 0 Å². The second-order valence-electron chi connectivity index (χ2n) is 6.03. The SMILES string of the molecule is COc1ccc(/C=C/C(=O)c2cccc(Br)c2)cc1COc1cccc(Cl)c1. The third-order valence-electron chi connectivity index (χ3n) is 4.03. The van der Waals surface area contributed by atoms with Crippen molar-refractivity contribution in [1.82, 2.24) is 0 Å². The molecule has 3 aromatic rings. The zero-order valence-corrected chi connectivity index (χ0v) is 17.5. The van der Waals surface area contributed by atoms with E-state index in [2.05, 4.69) is 15.9 Å². The van der Waals surface area contributed by atoms with E-state index in [0.29, 0.717) is 22.9 Å². The molecule has 0 fully saturated rings. The summed E-state index contributed by atoms with van der Waals surface area (Å²) in [5.41, 5.74) is 2.39. The lowest BCUT2D eigenvalue weighted by Crippen LogP contribution is -1.99. The van der Waals surface area contributed by atoms with Crippen LogP contribution in [0.2, 0.25) is 5.02 Å². The third kappa shape index (κ3) is 5.47. The van der Waals surface area contributed by atoms with Gasteiger partial charge < -0.3 is 9.47 Å². The van der Waals surface area contributed by atoms with Gasteiger partial charge in [-0.25, -0.2) is 0 Å². The second-order valence-corrected chi connectivity index (χ2v) is 7.38. The average Bonchev–Trinajstić information content (AvgIpc) is 2.70. The number of carbonyl (C=O) groups excluding carboxylic acids is 1. The molecule has 0 saturated carbocycles. The first-order valence-corrected chi connectivity index (χ1v) is 9.75. The van der Waals surface area contributed by atoms with Crippen LogP contribution in [-0.2, 0) is 6.61 Å². The Balaban J connectivity index is 1.75. The minimum Gasteiger partial charge on any atom is -0.496 e. The number of ether oxygens (including phenoxy) is 2. The van der Waals surface area contributed by atoms with Crippen LogP contribution in [-0.4, -0.2) is 12.9 Å². The highest BCUT2D eigenvalue weighted by Gasteiger charge is 2.07. The van der Waals surface area contributed by atoms with Crippen LogP contribution in [0.15, 0.2) is 77.3 Å². The predicted molar refractivity (Wildman–Crippen MR) is 116 cm³/mol. The lowest BCUT2D eigenvalue weighted by molar-refractivity contribution is 0.104. The number of ketones is 1. The molecule has 142 valence electrons. The number of halogens is 2. The fraction of sp³-hybridized carbons (Fsp3) is 0.0870. The van der Waals surface area contributed by atoms with Crippen molar-refractivity contribution >= 4 is 39.4 Å². The van der Waals surface area contributed by atoms with Crippen LogP contribution < -0.4 is 9.47 Å². The molecule has 0 spiro atoms. The van der Waals surface area contributed by atoms with Crippen LogP contribution in [0.25, 0.3) is 6.08 Å². The Kier molecular flexibility index (Phi) is 6.90. The number of methoxy groups -OCH3 is 1. The van der Waals surface area contributed by atoms with Crippen LogP contribution in [0.1, 0.15) is 21.5 Å². The van der Waals surface area contributed by atoms with Crippen LogP contribution in [0.3, 0.4) is 0 Å². The standard InChI is InChI=1S/C23H18BrClO3/c1-27-23-11-9-16(8-10-22(26)17-4-2-5-19(24)13-17)12-18(23)15-28-21-7-3-6-20(25)14-21/h2-14H,15H2,1H3/b10-8+. The van der Waals surface area contributed by atoms with Gasteiger partial charge in [-0.15, -0.1) is 0 Å². The van der Waals surface area contributed by atoms with Crippen LogP contribution in [0.4, 0.5) is 0 Å². The van der Waals surface area contributed by atoms with E-state index in [4.69, 9.17) is 21.1 Å². The fourth-order valence-electron chi connectivity index (χ4n) is 2.64. The van der Waals surface area contributed by atoms with Crippen molar-refractivity contribution in [2.24, 2.45) is 0 Å². The molecule has 0 bridgehead atoms. The van der Waals surface area contributed by atoms with E-state index >= 15 is 0 Å². The summed E-state index contributed by atoms with van der Waals surface area (Å²) < 4.78 is 12.1. The Bertz CT molecular complexity index is 1010. The molecule has 0 unspecified atom stereocenters. The summed E-state index contributed by atoms with van der Waals surface area (Å²) in [6, 6.07) is 20.2. The fourth-order valence-corrected chi connectivity index (χ4v) is 3.22. The molecule has 28 heavy (non-hydrogen) atoms. The van der Waals surface area contributed by atoms with E-state index in [1.54, 1.807) is 43.5 Å². The summed E-state index contributed by atoms with van der Waals surface area (Å²) >= 11 is 9.37. The molecule has 0 aliphatic carbocycles. The molecule has 0 N–H and O–H groups in total. The summed E-state index contributed by atoms with van der Waals surface area (Å²) in [4.78, 5) is 12.4. The third-order valence-corrected chi connectivity index (χ3v) is 4.76. The van der Waals surface area contributed by atoms with Crippen LogP contribution in [0.5, 0.6) is 11.5 Å². The summed E-state index contributed by atoms with van der Waals surface area (Å²) in [7, 11) is 1.62. The largest absolute Gasteiger partial charge is 0.496 e. The zero-order chi connectivity index (χ0) is 19.9. The van der Waals surface area contributed by atoms with Gasteiger partial charge in [0.2, 0.25) is 0 Å². The van der Waals surface area contributed by atoms with E-state index in [9.17, 15) is 4.79 Å². The molecule has 0 atom stereocenters. The monoisotopic (exact) mass is 456 g/mol. The molecule has 0 saturated heterocycles. The van der Waals surface area contributed by atoms with E-state index in [1.165, 1.54) is 0 Å². The summed E-state index contributed by atoms with van der Waals surface area (Å²) in [6.07, 6.45) is 3.34. The van der Waals surface area contributed by atoms with Gasteiger partial charge in [0.15, 0.2) is 5.78 Å². The number of hydrogen-bond donors (Lipinski definition) is 0. The van der Waals surface area contributed by atoms with Gasteiger partial charge in [0.1, 0.15) is 18.1 Å². The first kappa shape index (κ1) is 20.2. The van der Waals surface area contributed by atoms with Crippen molar-refractivity contribution in [2.45, 2.75) is 6.61 Å². The van der Waals surface area contributed by atoms with Crippen LogP contribution in [0, 0.1) is 0 Å². The predicted octanol–water partition coefficient (Wildman–Crippen LogP) is 6.59. The average molecular weight is 458 g/mol. The molecule has 0 radical (unpaired) electrons. The molecule has 3 rings (SSSR count). The summed E-state index contributed by atoms with van der Waals surface area (Å²) in [5, 5.41) is 0.618. The van der Waals surface area contributed by atoms with E-state index < -0.39 is 0 Å². The van der Waals surface area contributed by atoms with Crippen molar-refractivity contribution in [3.05, 3.63) is 99.0 Å². The summed E-state index contributed by atoms with van der Waals surface area (Å²) in [5.74, 6) is 1.34. The maximum atomic E-state index is 12.4. The molecule has 0 aromatic heterocycles. The normalized spacial score (nSPS) is 10.8. The topological polar surface area (TPSA) is 35.5 Å². The van der Waals surface area contributed by atoms with Gasteiger partial charge in [0.25, 0.3) is 0 Å². The molecular weight excluding hydrogens is 440 g/mol. The first-order valence-electron chi connectivity index (χ1n) is 8.58. The van der Waals surface area contributed by atoms with Gasteiger partial charge in [-0.2, -0.15) is 0 Å². The zero-order valence-electron chi connectivity index (χ0n) is 15.2. The Labute approximate surface area is 177 Å². The minimum atomic E-state index is -0.0613. The van der Waals surface area contributed by atoms with E-state index in [0.717, 1.165) is 21.3 Å². The molecule has 0 aliphatic rings. The van der Waals surface area contributed by atoms with Crippen molar-refractivity contribution < 1.29 is 14.3 Å². The smallest absolute Gasteiger partial charge is 0.185 e. The van der Waals surface area contributed by atoms with Crippen molar-refractivity contribution in [3.63, 3.8) is 0 Å². The molecule has 0 amide bonds. The highest BCUT2D eigenvalue weighted by molar-refractivity contribution is 9.10. The number of allylic oxidation sites excluding steroid dienone is 1. The molecule has 0 heterocycles. The molecule has 3 nitrogen and oxygen atoms in total. The maximum absolute atomic E-state index is 12.4. The second kappa shape index (κ2) is 9.58. The number of hydrogen-bond acceptors (Lipinski definition) is 3. The Hall–Kier alpha value is -2.56. The molecule has 5 heteroatoms. The van der Waals surface area contributed by atoms with Crippen molar-refractivity contribution in [3.8, 4) is 11.5 Å². The Morgan fingerprint density at radius 2 is 1.89 bits per heavy atom. The van der Waals surface area contributed by atoms with Gasteiger partial charge in [0.05, 0.1) is 7.11 Å². The molecule has 3 aromatic carbocycles. The lowest BCUT2D eigenvalue weighted by Gasteiger charge is -2.11. The summed E-state index contributed by atoms with van der Waals surface area (Å²) in [6.45, 7) is 0.324. The minimum absolute atomic E-state index is 0.0613. The first-order chi connectivity index (χ1) is 13.5. The van der Waals surface area contributed by atoms with Gasteiger partial charge in [-0.3, -0.25) is 4.79 Å². The number of benzene rings is 3. The van der Waals surface area contributed by atoms with Crippen molar-refractivity contribution in [2.75, 3.05) is 7.11 Å². The van der Waals surface area contributed by atoms with Gasteiger partial charge in [0, 0.05) is 20.6 Å². The van der Waals surface area contributed by atoms with E-state index in [-0.39, 0.29) is 5.78 Å². The maximum Gasteiger partial charge on any atom is 0.185 e. The number of rotatable bonds is 7. The quantitative estimate of drug-likeness (QED) is 0.297. The lowest BCUT2D eigenvalue weighted by atomic mass is 10.1. The molecular formula is C23H18BrClO3. The Morgan fingerprint density at radius 1 is 1.07 bits per heavy atom. The highest BCUT2D eigenvalue weighted by atomic mass is 79.9. The van der Waals surface area contributed by atoms with Gasteiger partial charge in [-0.1, -0.05) is 57.9 Å².